The topological polar surface area (TPSA) is 121 Å². The predicted octanol–water partition coefficient (Wildman–Crippen LogP) is 4.12. The molecule has 3 rings (SSSR count). The van der Waals surface area contributed by atoms with Crippen molar-refractivity contribution < 1.29 is 22.7 Å². The van der Waals surface area contributed by atoms with E-state index in [2.05, 4.69) is 10.3 Å². The van der Waals surface area contributed by atoms with Gasteiger partial charge in [0.15, 0.2) is 21.4 Å². The molecule has 0 aliphatic carbocycles. The van der Waals surface area contributed by atoms with Gasteiger partial charge in [0.25, 0.3) is 5.91 Å². The molecule has 1 atom stereocenters. The molecule has 1 unspecified atom stereocenters. The molecular formula is C22H22ClN3O5S. The fourth-order valence-electron chi connectivity index (χ4n) is 2.95. The predicted molar refractivity (Wildman–Crippen MR) is 123 cm³/mol. The van der Waals surface area contributed by atoms with Gasteiger partial charge in [-0.1, -0.05) is 23.7 Å². The third-order valence-electron chi connectivity index (χ3n) is 4.61. The Bertz CT molecular complexity index is 1260. The highest BCUT2D eigenvalue weighted by Gasteiger charge is 2.18. The number of carbonyl (C=O) groups is 1. The van der Waals surface area contributed by atoms with E-state index in [1.165, 1.54) is 31.5 Å². The first-order valence-corrected chi connectivity index (χ1v) is 11.7. The van der Waals surface area contributed by atoms with Crippen LogP contribution in [-0.4, -0.2) is 32.7 Å². The van der Waals surface area contributed by atoms with Crippen molar-refractivity contribution in [3.8, 4) is 11.5 Å². The molecule has 0 saturated heterocycles. The number of nitrogens with one attached hydrogen (secondary N) is 1. The average molecular weight is 476 g/mol. The van der Waals surface area contributed by atoms with Crippen LogP contribution in [0.1, 0.15) is 28.9 Å². The van der Waals surface area contributed by atoms with E-state index in [9.17, 15) is 13.2 Å². The van der Waals surface area contributed by atoms with Gasteiger partial charge in [-0.2, -0.15) is 0 Å². The van der Waals surface area contributed by atoms with E-state index in [0.29, 0.717) is 16.5 Å². The van der Waals surface area contributed by atoms with Crippen molar-refractivity contribution >= 4 is 38.9 Å². The Balaban J connectivity index is 1.83. The van der Waals surface area contributed by atoms with Gasteiger partial charge in [-0.05, 0) is 42.8 Å². The smallest absolute Gasteiger partial charge is 0.259 e. The number of hydrogen-bond acceptors (Lipinski definition) is 7. The van der Waals surface area contributed by atoms with Crippen LogP contribution in [0.3, 0.4) is 0 Å². The van der Waals surface area contributed by atoms with Crippen LogP contribution in [0.4, 0.5) is 11.5 Å². The minimum Gasteiger partial charge on any atom is -0.496 e. The lowest BCUT2D eigenvalue weighted by Crippen LogP contribution is -2.15. The SMILES string of the molecule is COc1ccc(S(C)(=O)=O)cc1C(=O)Nc1cccc(C(C)Oc2cc(Cl)cnc2N)c1. The molecule has 0 fully saturated rings. The summed E-state index contributed by atoms with van der Waals surface area (Å²) >= 11 is 5.96. The summed E-state index contributed by atoms with van der Waals surface area (Å²) in [6.07, 6.45) is 2.08. The van der Waals surface area contributed by atoms with E-state index >= 15 is 0 Å². The molecule has 0 aliphatic heterocycles. The number of nitrogens with zero attached hydrogens (tertiary/aromatic N) is 1. The summed E-state index contributed by atoms with van der Waals surface area (Å²) in [7, 11) is -2.08. The molecule has 0 radical (unpaired) electrons. The summed E-state index contributed by atoms with van der Waals surface area (Å²) in [4.78, 5) is 16.9. The van der Waals surface area contributed by atoms with Crippen LogP contribution in [0.2, 0.25) is 5.02 Å². The normalized spacial score (nSPS) is 12.1. The van der Waals surface area contributed by atoms with Gasteiger partial charge in [0.2, 0.25) is 0 Å². The number of halogens is 1. The molecule has 1 amide bonds. The summed E-state index contributed by atoms with van der Waals surface area (Å²) in [5, 5.41) is 3.16. The number of nitrogens with two attached hydrogens (primary N) is 1. The summed E-state index contributed by atoms with van der Waals surface area (Å²) < 4.78 is 34.8. The average Bonchev–Trinajstić information content (AvgIpc) is 2.75. The van der Waals surface area contributed by atoms with Gasteiger partial charge in [-0.25, -0.2) is 13.4 Å². The third kappa shape index (κ3) is 5.49. The molecule has 32 heavy (non-hydrogen) atoms. The van der Waals surface area contributed by atoms with Gasteiger partial charge in [0, 0.05) is 24.2 Å². The number of rotatable bonds is 7. The zero-order chi connectivity index (χ0) is 23.5. The molecule has 10 heteroatoms. The number of amides is 1. The fourth-order valence-corrected chi connectivity index (χ4v) is 3.74. The van der Waals surface area contributed by atoms with Crippen molar-refractivity contribution in [2.45, 2.75) is 17.9 Å². The van der Waals surface area contributed by atoms with Crippen molar-refractivity contribution in [2.75, 3.05) is 24.4 Å². The highest BCUT2D eigenvalue weighted by molar-refractivity contribution is 7.90. The van der Waals surface area contributed by atoms with E-state index in [1.807, 2.05) is 13.0 Å². The van der Waals surface area contributed by atoms with Crippen LogP contribution in [0, 0.1) is 0 Å². The Morgan fingerprint density at radius 2 is 1.91 bits per heavy atom. The monoisotopic (exact) mass is 475 g/mol. The number of sulfone groups is 1. The van der Waals surface area contributed by atoms with Crippen LogP contribution in [0.15, 0.2) is 59.6 Å². The molecule has 0 saturated carbocycles. The number of aromatic nitrogens is 1. The van der Waals surface area contributed by atoms with Crippen molar-refractivity contribution in [2.24, 2.45) is 0 Å². The molecule has 3 aromatic rings. The second kappa shape index (κ2) is 9.46. The minimum absolute atomic E-state index is 0.0203. The second-order valence-corrected chi connectivity index (χ2v) is 9.46. The summed E-state index contributed by atoms with van der Waals surface area (Å²) in [5.74, 6) is 0.304. The van der Waals surface area contributed by atoms with Crippen LogP contribution >= 0.6 is 11.6 Å². The molecule has 1 aromatic heterocycles. The number of benzene rings is 2. The largest absolute Gasteiger partial charge is 0.496 e. The first-order valence-electron chi connectivity index (χ1n) is 9.45. The number of anilines is 2. The zero-order valence-electron chi connectivity index (χ0n) is 17.6. The first kappa shape index (κ1) is 23.4. The van der Waals surface area contributed by atoms with Crippen LogP contribution in [-0.2, 0) is 9.84 Å². The highest BCUT2D eigenvalue weighted by atomic mass is 35.5. The van der Waals surface area contributed by atoms with Gasteiger partial charge in [-0.15, -0.1) is 0 Å². The molecule has 2 aromatic carbocycles. The maximum atomic E-state index is 12.9. The van der Waals surface area contributed by atoms with Gasteiger partial charge in [0.1, 0.15) is 11.9 Å². The first-order chi connectivity index (χ1) is 15.1. The maximum Gasteiger partial charge on any atom is 0.259 e. The van der Waals surface area contributed by atoms with E-state index in [4.69, 9.17) is 26.8 Å². The van der Waals surface area contributed by atoms with Crippen molar-refractivity contribution in [1.29, 1.82) is 0 Å². The molecule has 0 aliphatic rings. The molecular weight excluding hydrogens is 454 g/mol. The standard InChI is InChI=1S/C22H22ClN3O5S/c1-13(31-20-10-15(23)12-25-21(20)24)14-5-4-6-16(9-14)26-22(27)18-11-17(32(3,28)29)7-8-19(18)30-2/h4-13H,1-3H3,(H2,24,25)(H,26,27). The van der Waals surface area contributed by atoms with Crippen molar-refractivity contribution in [1.82, 2.24) is 4.98 Å². The third-order valence-corrected chi connectivity index (χ3v) is 5.93. The summed E-state index contributed by atoms with van der Waals surface area (Å²) in [6, 6.07) is 12.7. The van der Waals surface area contributed by atoms with Gasteiger partial charge >= 0.3 is 0 Å². The lowest BCUT2D eigenvalue weighted by molar-refractivity contribution is 0.102. The zero-order valence-corrected chi connectivity index (χ0v) is 19.2. The van der Waals surface area contributed by atoms with E-state index < -0.39 is 21.8 Å². The van der Waals surface area contributed by atoms with Gasteiger partial charge in [-0.3, -0.25) is 4.79 Å². The van der Waals surface area contributed by atoms with Gasteiger partial charge < -0.3 is 20.5 Å². The molecule has 0 bridgehead atoms. The molecule has 168 valence electrons. The lowest BCUT2D eigenvalue weighted by atomic mass is 10.1. The number of ether oxygens (including phenoxy) is 2. The molecule has 8 nitrogen and oxygen atoms in total. The fraction of sp³-hybridized carbons (Fsp3) is 0.182. The summed E-state index contributed by atoms with van der Waals surface area (Å²) in [6.45, 7) is 1.82. The number of carbonyl (C=O) groups excluding carboxylic acids is 1. The Labute approximate surface area is 191 Å². The Kier molecular flexibility index (Phi) is 6.90. The van der Waals surface area contributed by atoms with E-state index in [-0.39, 0.29) is 22.0 Å². The van der Waals surface area contributed by atoms with Crippen molar-refractivity contribution in [3.63, 3.8) is 0 Å². The minimum atomic E-state index is -3.49. The van der Waals surface area contributed by atoms with Crippen molar-refractivity contribution in [3.05, 3.63) is 70.9 Å². The van der Waals surface area contributed by atoms with Crippen LogP contribution < -0.4 is 20.5 Å². The van der Waals surface area contributed by atoms with Crippen LogP contribution in [0.25, 0.3) is 0 Å². The molecule has 3 N–H and O–H groups in total. The Morgan fingerprint density at radius 3 is 2.59 bits per heavy atom. The number of nitrogen functional groups attached to an aromatic ring is 1. The Hall–Kier alpha value is -3.30. The number of hydrogen-bond donors (Lipinski definition) is 2. The number of pyridine rings is 1. The van der Waals surface area contributed by atoms with E-state index in [1.54, 1.807) is 24.3 Å². The molecule has 1 heterocycles. The molecule has 0 spiro atoms. The lowest BCUT2D eigenvalue weighted by Gasteiger charge is -2.17. The highest BCUT2D eigenvalue weighted by Crippen LogP contribution is 2.29. The quantitative estimate of drug-likeness (QED) is 0.527. The second-order valence-electron chi connectivity index (χ2n) is 7.01. The maximum absolute atomic E-state index is 12.9. The van der Waals surface area contributed by atoms with Gasteiger partial charge in [0.05, 0.1) is 22.6 Å². The van der Waals surface area contributed by atoms with E-state index in [0.717, 1.165) is 11.8 Å². The Morgan fingerprint density at radius 1 is 1.16 bits per heavy atom. The summed E-state index contributed by atoms with van der Waals surface area (Å²) in [5.41, 5.74) is 7.20. The van der Waals surface area contributed by atoms with Crippen LogP contribution in [0.5, 0.6) is 11.5 Å². The number of methoxy groups -OCH3 is 1.